The Morgan fingerprint density at radius 2 is 1.97 bits per heavy atom. The highest BCUT2D eigenvalue weighted by atomic mass is 16.5. The molecule has 1 aliphatic rings. The van der Waals surface area contributed by atoms with Gasteiger partial charge in [0.2, 0.25) is 5.88 Å². The monoisotopic (exact) mass is 401 g/mol. The summed E-state index contributed by atoms with van der Waals surface area (Å²) in [6.45, 7) is 0.736. The van der Waals surface area contributed by atoms with Crippen molar-refractivity contribution < 1.29 is 9.53 Å². The van der Waals surface area contributed by atoms with Crippen molar-refractivity contribution in [1.29, 1.82) is 5.26 Å². The number of carbonyl (C=O) groups excluding carboxylic acids is 1. The Morgan fingerprint density at radius 3 is 2.60 bits per heavy atom. The van der Waals surface area contributed by atoms with Gasteiger partial charge in [0.05, 0.1) is 11.9 Å². The molecule has 3 aromatic rings. The minimum Gasteiger partial charge on any atom is -0.474 e. The van der Waals surface area contributed by atoms with Crippen LogP contribution in [0.3, 0.4) is 0 Å². The molecule has 1 aliphatic carbocycles. The molecule has 1 fully saturated rings. The second-order valence-electron chi connectivity index (χ2n) is 7.49. The number of nitrogens with zero attached hydrogens (tertiary/aromatic N) is 4. The largest absolute Gasteiger partial charge is 0.474 e. The average Bonchev–Trinajstić information content (AvgIpc) is 3.29. The second kappa shape index (κ2) is 9.23. The number of nitriles is 1. The summed E-state index contributed by atoms with van der Waals surface area (Å²) in [5.41, 5.74) is 2.31. The first-order valence-corrected chi connectivity index (χ1v) is 10.1. The molecule has 7 heteroatoms. The van der Waals surface area contributed by atoms with E-state index < -0.39 is 0 Å². The van der Waals surface area contributed by atoms with E-state index in [1.54, 1.807) is 24.7 Å². The lowest BCUT2D eigenvalue weighted by molar-refractivity contribution is 0.0890. The third-order valence-corrected chi connectivity index (χ3v) is 5.30. The fourth-order valence-electron chi connectivity index (χ4n) is 3.63. The lowest BCUT2D eigenvalue weighted by atomic mass is 9.92. The Hall–Kier alpha value is -3.66. The molecule has 0 unspecified atom stereocenters. The summed E-state index contributed by atoms with van der Waals surface area (Å²) in [6.07, 6.45) is 10.5. The van der Waals surface area contributed by atoms with Gasteiger partial charge in [-0.25, -0.2) is 9.97 Å². The number of aromatic nitrogens is 3. The van der Waals surface area contributed by atoms with Crippen LogP contribution in [0.4, 0.5) is 0 Å². The van der Waals surface area contributed by atoms with Gasteiger partial charge < -0.3 is 14.6 Å². The summed E-state index contributed by atoms with van der Waals surface area (Å²) in [4.78, 5) is 20.8. The zero-order valence-corrected chi connectivity index (χ0v) is 16.6. The molecule has 152 valence electrons. The van der Waals surface area contributed by atoms with Crippen LogP contribution in [-0.4, -0.2) is 32.6 Å². The minimum atomic E-state index is -0.0395. The summed E-state index contributed by atoms with van der Waals surface area (Å²) in [5.74, 6) is 0.500. The summed E-state index contributed by atoms with van der Waals surface area (Å²) in [6, 6.07) is 13.3. The normalized spacial score (nSPS) is 18.4. The molecule has 1 aromatic carbocycles. The van der Waals surface area contributed by atoms with Crippen molar-refractivity contribution in [3.8, 4) is 11.9 Å². The van der Waals surface area contributed by atoms with Crippen LogP contribution in [0.5, 0.6) is 5.88 Å². The van der Waals surface area contributed by atoms with Gasteiger partial charge in [-0.2, -0.15) is 5.26 Å². The topological polar surface area (TPSA) is 92.8 Å². The van der Waals surface area contributed by atoms with Crippen LogP contribution in [0.15, 0.2) is 61.3 Å². The predicted octanol–water partition coefficient (Wildman–Crippen LogP) is 3.32. The van der Waals surface area contributed by atoms with Gasteiger partial charge in [0.25, 0.3) is 5.91 Å². The molecule has 0 radical (unpaired) electrons. The van der Waals surface area contributed by atoms with Crippen LogP contribution >= 0.6 is 0 Å². The molecule has 0 spiro atoms. The fraction of sp³-hybridized carbons (Fsp3) is 0.304. The number of imidazole rings is 1. The van der Waals surface area contributed by atoms with Crippen LogP contribution in [0.2, 0.25) is 0 Å². The van der Waals surface area contributed by atoms with Crippen molar-refractivity contribution in [3.05, 3.63) is 78.0 Å². The van der Waals surface area contributed by atoms with Gasteiger partial charge in [0.15, 0.2) is 0 Å². The molecule has 1 N–H and O–H groups in total. The number of nitrogens with one attached hydrogen (secondary N) is 1. The van der Waals surface area contributed by atoms with E-state index in [0.717, 1.165) is 37.8 Å². The Morgan fingerprint density at radius 1 is 1.17 bits per heavy atom. The van der Waals surface area contributed by atoms with E-state index in [-0.39, 0.29) is 18.1 Å². The summed E-state index contributed by atoms with van der Waals surface area (Å²) < 4.78 is 7.90. The number of ether oxygens (including phenoxy) is 1. The Balaban J connectivity index is 1.24. The first kappa shape index (κ1) is 19.6. The molecule has 1 amide bonds. The summed E-state index contributed by atoms with van der Waals surface area (Å²) in [5, 5.41) is 12.0. The third-order valence-electron chi connectivity index (χ3n) is 5.30. The van der Waals surface area contributed by atoms with Crippen LogP contribution in [-0.2, 0) is 6.54 Å². The summed E-state index contributed by atoms with van der Waals surface area (Å²) >= 11 is 0. The molecule has 2 heterocycles. The molecule has 0 bridgehead atoms. The maximum absolute atomic E-state index is 12.6. The predicted molar refractivity (Wildman–Crippen MR) is 111 cm³/mol. The Labute approximate surface area is 175 Å². The quantitative estimate of drug-likeness (QED) is 0.684. The highest BCUT2D eigenvalue weighted by Crippen LogP contribution is 2.23. The van der Waals surface area contributed by atoms with Crippen molar-refractivity contribution in [2.24, 2.45) is 0 Å². The summed E-state index contributed by atoms with van der Waals surface area (Å²) in [7, 11) is 0. The average molecular weight is 401 g/mol. The van der Waals surface area contributed by atoms with Gasteiger partial charge in [-0.05, 0) is 49.4 Å². The molecule has 2 aromatic heterocycles. The molecule has 0 saturated heterocycles. The van der Waals surface area contributed by atoms with Crippen LogP contribution in [0, 0.1) is 11.3 Å². The number of amides is 1. The molecule has 30 heavy (non-hydrogen) atoms. The lowest BCUT2D eigenvalue weighted by Crippen LogP contribution is -2.39. The van der Waals surface area contributed by atoms with Crippen LogP contribution in [0.25, 0.3) is 0 Å². The van der Waals surface area contributed by atoms with Gasteiger partial charge in [-0.15, -0.1) is 0 Å². The number of benzene rings is 1. The van der Waals surface area contributed by atoms with Gasteiger partial charge in [-0.3, -0.25) is 4.79 Å². The number of hydrogen-bond donors (Lipinski definition) is 1. The SMILES string of the molecule is N#Cc1ccc(OC2CCC(NC(=O)c3ccc(Cn4ccnc4)cc3)CC2)nc1. The number of pyridine rings is 1. The third kappa shape index (κ3) is 5.03. The van der Waals surface area contributed by atoms with Gasteiger partial charge in [0, 0.05) is 42.8 Å². The van der Waals surface area contributed by atoms with Crippen molar-refractivity contribution in [2.45, 2.75) is 44.4 Å². The van der Waals surface area contributed by atoms with Crippen LogP contribution < -0.4 is 10.1 Å². The highest BCUT2D eigenvalue weighted by Gasteiger charge is 2.24. The smallest absolute Gasteiger partial charge is 0.251 e. The van der Waals surface area contributed by atoms with Crippen molar-refractivity contribution in [3.63, 3.8) is 0 Å². The maximum Gasteiger partial charge on any atom is 0.251 e. The van der Waals surface area contributed by atoms with E-state index in [0.29, 0.717) is 17.0 Å². The van der Waals surface area contributed by atoms with Gasteiger partial charge in [0.1, 0.15) is 12.2 Å². The van der Waals surface area contributed by atoms with Crippen LogP contribution in [0.1, 0.15) is 47.2 Å². The molecule has 4 rings (SSSR count). The first-order chi connectivity index (χ1) is 14.7. The Bertz CT molecular complexity index is 999. The maximum atomic E-state index is 12.6. The van der Waals surface area contributed by atoms with E-state index in [2.05, 4.69) is 15.3 Å². The van der Waals surface area contributed by atoms with E-state index in [1.807, 2.05) is 41.1 Å². The molecular formula is C23H23N5O2. The second-order valence-corrected chi connectivity index (χ2v) is 7.49. The molecule has 1 saturated carbocycles. The zero-order chi connectivity index (χ0) is 20.8. The van der Waals surface area contributed by atoms with Gasteiger partial charge in [-0.1, -0.05) is 12.1 Å². The number of rotatable bonds is 6. The number of hydrogen-bond acceptors (Lipinski definition) is 5. The molecule has 0 atom stereocenters. The van der Waals surface area contributed by atoms with E-state index >= 15 is 0 Å². The van der Waals surface area contributed by atoms with Crippen molar-refractivity contribution in [1.82, 2.24) is 19.9 Å². The standard InChI is InChI=1S/C23H23N5O2/c24-13-18-3-10-22(26-14-18)30-21-8-6-20(7-9-21)27-23(29)19-4-1-17(2-5-19)15-28-12-11-25-16-28/h1-5,10-12,14,16,20-21H,6-9,15H2,(H,27,29). The lowest BCUT2D eigenvalue weighted by Gasteiger charge is -2.29. The van der Waals surface area contributed by atoms with Crippen molar-refractivity contribution in [2.75, 3.05) is 0 Å². The van der Waals surface area contributed by atoms with E-state index in [9.17, 15) is 4.79 Å². The first-order valence-electron chi connectivity index (χ1n) is 10.1. The van der Waals surface area contributed by atoms with Crippen molar-refractivity contribution >= 4 is 5.91 Å². The zero-order valence-electron chi connectivity index (χ0n) is 16.6. The molecule has 0 aliphatic heterocycles. The molecular weight excluding hydrogens is 378 g/mol. The fourth-order valence-corrected chi connectivity index (χ4v) is 3.63. The van der Waals surface area contributed by atoms with E-state index in [4.69, 9.17) is 10.00 Å². The molecule has 7 nitrogen and oxygen atoms in total. The van der Waals surface area contributed by atoms with Gasteiger partial charge >= 0.3 is 0 Å². The minimum absolute atomic E-state index is 0.0395. The Kier molecular flexibility index (Phi) is 6.04. The number of carbonyl (C=O) groups is 1. The van der Waals surface area contributed by atoms with E-state index in [1.165, 1.54) is 6.20 Å². The highest BCUT2D eigenvalue weighted by molar-refractivity contribution is 5.94.